The summed E-state index contributed by atoms with van der Waals surface area (Å²) in [6.45, 7) is 3.06. The monoisotopic (exact) mass is 491 g/mol. The summed E-state index contributed by atoms with van der Waals surface area (Å²) in [6, 6.07) is 16.9. The molecule has 2 N–H and O–H groups in total. The van der Waals surface area contributed by atoms with Crippen LogP contribution in [-0.2, 0) is 13.0 Å². The number of hydrogen-bond donors (Lipinski definition) is 1. The highest BCUT2D eigenvalue weighted by atomic mass is 16.5. The van der Waals surface area contributed by atoms with E-state index in [1.807, 2.05) is 24.7 Å². The Morgan fingerprint density at radius 3 is 2.81 bits per heavy atom. The van der Waals surface area contributed by atoms with Crippen molar-refractivity contribution in [3.8, 4) is 5.75 Å². The van der Waals surface area contributed by atoms with Gasteiger partial charge in [0, 0.05) is 24.9 Å². The van der Waals surface area contributed by atoms with Crippen molar-refractivity contribution in [3.63, 3.8) is 0 Å². The minimum absolute atomic E-state index is 0.0571. The number of imidazole rings is 1. The van der Waals surface area contributed by atoms with E-state index in [1.54, 1.807) is 6.20 Å². The van der Waals surface area contributed by atoms with Crippen molar-refractivity contribution in [2.75, 3.05) is 0 Å². The number of nitrogens with zero attached hydrogens (tertiary/aromatic N) is 5. The van der Waals surface area contributed by atoms with Gasteiger partial charge in [0.15, 0.2) is 0 Å². The first-order valence-electron chi connectivity index (χ1n) is 13.1. The van der Waals surface area contributed by atoms with Crippen molar-refractivity contribution in [1.29, 1.82) is 0 Å². The van der Waals surface area contributed by atoms with Crippen LogP contribution in [-0.4, -0.2) is 26.2 Å². The summed E-state index contributed by atoms with van der Waals surface area (Å²) in [5.41, 5.74) is 5.49. The van der Waals surface area contributed by atoms with Gasteiger partial charge in [-0.25, -0.2) is 4.98 Å². The van der Waals surface area contributed by atoms with E-state index in [1.165, 1.54) is 11.1 Å². The van der Waals surface area contributed by atoms with Crippen LogP contribution in [0.25, 0.3) is 0 Å². The molecule has 1 aliphatic carbocycles. The molecule has 186 valence electrons. The molecule has 1 saturated carbocycles. The Labute approximate surface area is 216 Å². The molecule has 1 fully saturated rings. The lowest BCUT2D eigenvalue weighted by Gasteiger charge is -2.35. The molecule has 0 spiro atoms. The predicted molar refractivity (Wildman–Crippen MR) is 143 cm³/mol. The Morgan fingerprint density at radius 2 is 2.00 bits per heavy atom. The first-order valence-corrected chi connectivity index (χ1v) is 13.1. The number of hydrogen-bond acceptors (Lipinski definition) is 5. The van der Waals surface area contributed by atoms with E-state index < -0.39 is 0 Å². The highest BCUT2D eigenvalue weighted by Crippen LogP contribution is 2.46. The van der Waals surface area contributed by atoms with Crippen molar-refractivity contribution in [3.05, 3.63) is 107 Å². The van der Waals surface area contributed by atoms with Gasteiger partial charge in [-0.3, -0.25) is 4.99 Å². The molecule has 0 bridgehead atoms. The van der Waals surface area contributed by atoms with Crippen LogP contribution in [0.1, 0.15) is 47.9 Å². The zero-order valence-electron chi connectivity index (χ0n) is 21.0. The summed E-state index contributed by atoms with van der Waals surface area (Å²) in [4.78, 5) is 14.0. The SMILES string of the molecule is Cc1nccn1CC1CC(C2=C3C=NC=C[N@+]3(N)C(c3ccc4c(c3)OC(c3ccccc3)CC4)=N2)C1. The van der Waals surface area contributed by atoms with E-state index in [2.05, 4.69) is 70.1 Å². The lowest BCUT2D eigenvalue weighted by atomic mass is 9.72. The van der Waals surface area contributed by atoms with Gasteiger partial charge in [-0.15, -0.1) is 4.59 Å². The maximum atomic E-state index is 7.02. The van der Waals surface area contributed by atoms with Crippen LogP contribution >= 0.6 is 0 Å². The van der Waals surface area contributed by atoms with Crippen LogP contribution in [0, 0.1) is 18.8 Å². The molecule has 3 aromatic rings. The van der Waals surface area contributed by atoms with E-state index >= 15 is 0 Å². The fraction of sp³-hybridized carbons (Fsp3) is 0.300. The zero-order valence-corrected chi connectivity index (χ0v) is 21.0. The molecule has 2 aromatic carbocycles. The minimum atomic E-state index is 0.0571. The largest absolute Gasteiger partial charge is 0.485 e. The molecule has 1 aromatic heterocycles. The van der Waals surface area contributed by atoms with Crippen LogP contribution in [0.3, 0.4) is 0 Å². The van der Waals surface area contributed by atoms with Crippen LogP contribution in [0.4, 0.5) is 0 Å². The molecule has 37 heavy (non-hydrogen) atoms. The second-order valence-corrected chi connectivity index (χ2v) is 10.6. The molecule has 7 heteroatoms. The van der Waals surface area contributed by atoms with Gasteiger partial charge in [0.05, 0.1) is 18.0 Å². The Bertz CT molecular complexity index is 1480. The van der Waals surface area contributed by atoms with Crippen molar-refractivity contribution >= 4 is 12.1 Å². The molecule has 3 aliphatic heterocycles. The lowest BCUT2D eigenvalue weighted by molar-refractivity contribution is -0.750. The first-order chi connectivity index (χ1) is 18.1. The number of nitrogens with two attached hydrogens (primary N) is 1. The Hall–Kier alpha value is -3.81. The maximum Gasteiger partial charge on any atom is 0.265 e. The third-order valence-electron chi connectivity index (χ3n) is 8.27. The van der Waals surface area contributed by atoms with E-state index in [4.69, 9.17) is 15.6 Å². The summed E-state index contributed by atoms with van der Waals surface area (Å²) in [6.07, 6.45) is 13.7. The predicted octanol–water partition coefficient (Wildman–Crippen LogP) is 5.20. The standard InChI is InChI=1S/C30H31N6O/c1-20-33-11-13-35(20)19-21-15-25(16-21)29-26-18-32-12-14-36(26,31)30(34-29)24-8-7-23-9-10-27(37-28(23)17-24)22-5-3-2-4-6-22/h2-8,11-14,17-18,21,25,27H,9-10,15-16,19,31H2,1H3/q+1/t21?,25?,27?,36-/m1/s1. The number of rotatable bonds is 5. The molecular weight excluding hydrogens is 460 g/mol. The van der Waals surface area contributed by atoms with E-state index in [9.17, 15) is 0 Å². The first kappa shape index (κ1) is 22.4. The second-order valence-electron chi connectivity index (χ2n) is 10.6. The van der Waals surface area contributed by atoms with Crippen LogP contribution in [0.5, 0.6) is 5.75 Å². The Kier molecular flexibility index (Phi) is 5.23. The molecular formula is C30H31N6O+. The molecule has 4 aliphatic rings. The summed E-state index contributed by atoms with van der Waals surface area (Å²) in [7, 11) is 0. The molecule has 4 heterocycles. The lowest BCUT2D eigenvalue weighted by Crippen LogP contribution is -2.53. The van der Waals surface area contributed by atoms with Crippen molar-refractivity contribution in [1.82, 2.24) is 9.55 Å². The number of aryl methyl sites for hydroxylation is 2. The van der Waals surface area contributed by atoms with Crippen LogP contribution < -0.4 is 10.6 Å². The number of fused-ring (bicyclic) bond motifs is 2. The van der Waals surface area contributed by atoms with Gasteiger partial charge in [0.25, 0.3) is 5.84 Å². The Morgan fingerprint density at radius 1 is 1.14 bits per heavy atom. The van der Waals surface area contributed by atoms with Crippen molar-refractivity contribution < 1.29 is 9.33 Å². The molecule has 2 atom stereocenters. The van der Waals surface area contributed by atoms with Gasteiger partial charge in [-0.05, 0) is 61.8 Å². The summed E-state index contributed by atoms with van der Waals surface area (Å²) in [5, 5.41) is 0. The van der Waals surface area contributed by atoms with Crippen LogP contribution in [0.2, 0.25) is 0 Å². The van der Waals surface area contributed by atoms with Gasteiger partial charge in [0.1, 0.15) is 29.6 Å². The second kappa shape index (κ2) is 8.64. The molecule has 7 nitrogen and oxygen atoms in total. The van der Waals surface area contributed by atoms with E-state index in [-0.39, 0.29) is 10.7 Å². The highest BCUT2D eigenvalue weighted by molar-refractivity contribution is 6.00. The zero-order chi connectivity index (χ0) is 25.0. The molecule has 0 radical (unpaired) electrons. The minimum Gasteiger partial charge on any atom is -0.485 e. The Balaban J connectivity index is 1.16. The number of benzene rings is 2. The van der Waals surface area contributed by atoms with Gasteiger partial charge in [0.2, 0.25) is 5.70 Å². The number of aliphatic imine (C=N–C) groups is 2. The highest BCUT2D eigenvalue weighted by Gasteiger charge is 2.48. The van der Waals surface area contributed by atoms with Gasteiger partial charge < -0.3 is 9.30 Å². The molecule has 0 saturated heterocycles. The van der Waals surface area contributed by atoms with Crippen LogP contribution in [0.15, 0.2) is 94.7 Å². The number of allylic oxidation sites excluding steroid dienone is 2. The normalized spacial score (nSPS) is 27.8. The third-order valence-corrected chi connectivity index (χ3v) is 8.27. The third kappa shape index (κ3) is 3.77. The summed E-state index contributed by atoms with van der Waals surface area (Å²) < 4.78 is 8.80. The smallest absolute Gasteiger partial charge is 0.265 e. The number of aromatic nitrogens is 2. The number of ether oxygens (including phenoxy) is 1. The van der Waals surface area contributed by atoms with Crippen molar-refractivity contribution in [2.24, 2.45) is 27.7 Å². The summed E-state index contributed by atoms with van der Waals surface area (Å²) >= 11 is 0. The van der Waals surface area contributed by atoms with Gasteiger partial charge in [-0.2, -0.15) is 10.8 Å². The summed E-state index contributed by atoms with van der Waals surface area (Å²) in [5.74, 6) is 10.9. The van der Waals surface area contributed by atoms with Crippen molar-refractivity contribution in [2.45, 2.75) is 45.3 Å². The molecule has 7 rings (SSSR count). The number of quaternary nitrogens is 1. The average molecular weight is 492 g/mol. The maximum absolute atomic E-state index is 7.02. The average Bonchev–Trinajstić information content (AvgIpc) is 3.45. The van der Waals surface area contributed by atoms with E-state index in [0.29, 0.717) is 11.8 Å². The molecule has 1 unspecified atom stereocenters. The topological polar surface area (TPSA) is 77.8 Å². The van der Waals surface area contributed by atoms with Gasteiger partial charge >= 0.3 is 0 Å². The fourth-order valence-corrected chi connectivity index (χ4v) is 6.10. The van der Waals surface area contributed by atoms with Gasteiger partial charge in [-0.1, -0.05) is 36.4 Å². The van der Waals surface area contributed by atoms with E-state index in [0.717, 1.165) is 66.6 Å². The fourth-order valence-electron chi connectivity index (χ4n) is 6.10. The quantitative estimate of drug-likeness (QED) is 0.394. The molecule has 0 amide bonds. The number of amidine groups is 1.